The lowest BCUT2D eigenvalue weighted by molar-refractivity contribution is -0.000451. The molecule has 0 aliphatic rings. The standard InChI is InChI=1S/C9H12F2N2O3S/c10-9(11)8(14)5-13-17(15,16)7-3-1-2-6(12)4-7/h1-4,8-9,13-14H,5,12H2. The Kier molecular flexibility index (Phi) is 4.38. The highest BCUT2D eigenvalue weighted by atomic mass is 32.2. The van der Waals surface area contributed by atoms with E-state index in [-0.39, 0.29) is 10.6 Å². The second-order valence-corrected chi connectivity index (χ2v) is 5.09. The third-order valence-corrected chi connectivity index (χ3v) is 3.36. The molecule has 5 nitrogen and oxygen atoms in total. The number of anilines is 1. The van der Waals surface area contributed by atoms with Gasteiger partial charge >= 0.3 is 0 Å². The maximum Gasteiger partial charge on any atom is 0.265 e. The van der Waals surface area contributed by atoms with Crippen molar-refractivity contribution in [2.75, 3.05) is 12.3 Å². The molecule has 0 fully saturated rings. The lowest BCUT2D eigenvalue weighted by Gasteiger charge is -2.11. The molecule has 1 rings (SSSR count). The van der Waals surface area contributed by atoms with Crippen molar-refractivity contribution in [2.45, 2.75) is 17.4 Å². The maximum atomic E-state index is 12.0. The molecule has 0 aliphatic carbocycles. The number of aliphatic hydroxyl groups excluding tert-OH is 1. The van der Waals surface area contributed by atoms with E-state index in [0.29, 0.717) is 0 Å². The summed E-state index contributed by atoms with van der Waals surface area (Å²) in [5.41, 5.74) is 5.64. The summed E-state index contributed by atoms with van der Waals surface area (Å²) in [7, 11) is -3.93. The Morgan fingerprint density at radius 2 is 2.06 bits per heavy atom. The van der Waals surface area contributed by atoms with E-state index < -0.39 is 29.1 Å². The quantitative estimate of drug-likeness (QED) is 0.662. The Labute approximate surface area is 97.3 Å². The lowest BCUT2D eigenvalue weighted by atomic mass is 10.3. The summed E-state index contributed by atoms with van der Waals surface area (Å²) in [4.78, 5) is -0.140. The van der Waals surface area contributed by atoms with Gasteiger partial charge in [-0.15, -0.1) is 0 Å². The molecule has 0 aliphatic heterocycles. The predicted molar refractivity (Wildman–Crippen MR) is 58.1 cm³/mol. The molecule has 1 aromatic carbocycles. The van der Waals surface area contributed by atoms with Crippen LogP contribution in [0.15, 0.2) is 29.2 Å². The molecule has 0 saturated heterocycles. The summed E-state index contributed by atoms with van der Waals surface area (Å²) in [6.45, 7) is -0.755. The second-order valence-electron chi connectivity index (χ2n) is 3.33. The zero-order chi connectivity index (χ0) is 13.1. The van der Waals surface area contributed by atoms with Crippen molar-refractivity contribution in [1.82, 2.24) is 4.72 Å². The summed E-state index contributed by atoms with van der Waals surface area (Å²) in [6, 6.07) is 5.38. The smallest absolute Gasteiger partial charge is 0.265 e. The van der Waals surface area contributed by atoms with Crippen molar-refractivity contribution in [1.29, 1.82) is 0 Å². The van der Waals surface area contributed by atoms with E-state index in [1.165, 1.54) is 24.3 Å². The number of aliphatic hydroxyl groups is 1. The molecule has 1 atom stereocenters. The number of halogens is 2. The van der Waals surface area contributed by atoms with Gasteiger partial charge in [0.1, 0.15) is 6.10 Å². The zero-order valence-corrected chi connectivity index (χ0v) is 9.49. The number of hydrogen-bond donors (Lipinski definition) is 3. The first-order valence-electron chi connectivity index (χ1n) is 4.64. The van der Waals surface area contributed by atoms with Gasteiger partial charge in [-0.1, -0.05) is 6.07 Å². The molecule has 1 aromatic rings. The van der Waals surface area contributed by atoms with E-state index >= 15 is 0 Å². The summed E-state index contributed by atoms with van der Waals surface area (Å²) in [5, 5.41) is 8.79. The minimum Gasteiger partial charge on any atom is -0.399 e. The van der Waals surface area contributed by atoms with E-state index in [0.717, 1.165) is 0 Å². The minimum absolute atomic E-state index is 0.140. The van der Waals surface area contributed by atoms with E-state index in [9.17, 15) is 17.2 Å². The van der Waals surface area contributed by atoms with Crippen molar-refractivity contribution in [2.24, 2.45) is 0 Å². The first-order valence-corrected chi connectivity index (χ1v) is 6.12. The van der Waals surface area contributed by atoms with Crippen molar-refractivity contribution in [3.05, 3.63) is 24.3 Å². The number of nitrogen functional groups attached to an aromatic ring is 1. The monoisotopic (exact) mass is 266 g/mol. The van der Waals surface area contributed by atoms with Gasteiger partial charge in [-0.05, 0) is 18.2 Å². The first-order chi connectivity index (χ1) is 7.83. The largest absolute Gasteiger partial charge is 0.399 e. The average Bonchev–Trinajstić information content (AvgIpc) is 2.26. The predicted octanol–water partition coefficient (Wildman–Crippen LogP) is 0.173. The van der Waals surface area contributed by atoms with Gasteiger partial charge in [-0.2, -0.15) is 0 Å². The van der Waals surface area contributed by atoms with Gasteiger partial charge in [0.05, 0.1) is 4.90 Å². The van der Waals surface area contributed by atoms with Crippen LogP contribution in [0.25, 0.3) is 0 Å². The van der Waals surface area contributed by atoms with Crippen molar-refractivity contribution >= 4 is 15.7 Å². The van der Waals surface area contributed by atoms with Crippen LogP contribution in [0.4, 0.5) is 14.5 Å². The molecule has 1 unspecified atom stereocenters. The molecule has 4 N–H and O–H groups in total. The summed E-state index contributed by atoms with van der Waals surface area (Å²) in [6.07, 6.45) is -5.04. The Bertz CT molecular complexity index is 479. The van der Waals surface area contributed by atoms with Gasteiger partial charge in [-0.25, -0.2) is 21.9 Å². The van der Waals surface area contributed by atoms with Crippen LogP contribution in [0.2, 0.25) is 0 Å². The Balaban J connectivity index is 2.76. The molecule has 0 heterocycles. The molecular weight excluding hydrogens is 254 g/mol. The van der Waals surface area contributed by atoms with Crippen LogP contribution in [0.1, 0.15) is 0 Å². The molecule has 0 amide bonds. The maximum absolute atomic E-state index is 12.0. The van der Waals surface area contributed by atoms with E-state index in [4.69, 9.17) is 10.8 Å². The van der Waals surface area contributed by atoms with Crippen LogP contribution < -0.4 is 10.5 Å². The third kappa shape index (κ3) is 3.91. The van der Waals surface area contributed by atoms with Crippen LogP contribution in [0.5, 0.6) is 0 Å². The van der Waals surface area contributed by atoms with Crippen LogP contribution in [0.3, 0.4) is 0 Å². The third-order valence-electron chi connectivity index (χ3n) is 1.94. The molecule has 17 heavy (non-hydrogen) atoms. The molecule has 0 radical (unpaired) electrons. The molecule has 0 spiro atoms. The van der Waals surface area contributed by atoms with Crippen molar-refractivity contribution in [3.63, 3.8) is 0 Å². The second kappa shape index (κ2) is 5.39. The van der Waals surface area contributed by atoms with E-state index in [1.54, 1.807) is 0 Å². The van der Waals surface area contributed by atoms with Gasteiger partial charge in [-0.3, -0.25) is 0 Å². The van der Waals surface area contributed by atoms with Crippen molar-refractivity contribution < 1.29 is 22.3 Å². The highest BCUT2D eigenvalue weighted by molar-refractivity contribution is 7.89. The zero-order valence-electron chi connectivity index (χ0n) is 8.68. The fraction of sp³-hybridized carbons (Fsp3) is 0.333. The number of rotatable bonds is 5. The Morgan fingerprint density at radius 3 is 2.59 bits per heavy atom. The number of alkyl halides is 2. The van der Waals surface area contributed by atoms with Crippen LogP contribution in [-0.4, -0.2) is 32.6 Å². The number of nitrogens with two attached hydrogens (primary N) is 1. The number of nitrogens with one attached hydrogen (secondary N) is 1. The van der Waals surface area contributed by atoms with Gasteiger partial charge < -0.3 is 10.8 Å². The van der Waals surface area contributed by atoms with Crippen molar-refractivity contribution in [3.8, 4) is 0 Å². The van der Waals surface area contributed by atoms with E-state index in [2.05, 4.69) is 0 Å². The number of hydrogen-bond acceptors (Lipinski definition) is 4. The molecule has 0 saturated carbocycles. The topological polar surface area (TPSA) is 92.4 Å². The molecular formula is C9H12F2N2O3S. The highest BCUT2D eigenvalue weighted by Crippen LogP contribution is 2.12. The minimum atomic E-state index is -3.93. The molecule has 8 heteroatoms. The fourth-order valence-electron chi connectivity index (χ4n) is 1.05. The number of benzene rings is 1. The van der Waals surface area contributed by atoms with E-state index in [1.807, 2.05) is 4.72 Å². The Morgan fingerprint density at radius 1 is 1.41 bits per heavy atom. The summed E-state index contributed by atoms with van der Waals surface area (Å²) >= 11 is 0. The normalized spacial score (nSPS) is 13.9. The fourth-order valence-corrected chi connectivity index (χ4v) is 2.16. The first kappa shape index (κ1) is 13.8. The Hall–Kier alpha value is -1.25. The summed E-state index contributed by atoms with van der Waals surface area (Å²) < 4.78 is 49.0. The van der Waals surface area contributed by atoms with Gasteiger partial charge in [0.25, 0.3) is 6.43 Å². The summed E-state index contributed by atoms with van der Waals surface area (Å²) in [5.74, 6) is 0. The lowest BCUT2D eigenvalue weighted by Crippen LogP contribution is -2.35. The molecule has 0 aromatic heterocycles. The molecule has 96 valence electrons. The highest BCUT2D eigenvalue weighted by Gasteiger charge is 2.21. The van der Waals surface area contributed by atoms with Gasteiger partial charge in [0, 0.05) is 12.2 Å². The van der Waals surface area contributed by atoms with Gasteiger partial charge in [0.2, 0.25) is 10.0 Å². The van der Waals surface area contributed by atoms with Gasteiger partial charge in [0.15, 0.2) is 0 Å². The molecule has 0 bridgehead atoms. The number of sulfonamides is 1. The average molecular weight is 266 g/mol. The van der Waals surface area contributed by atoms with Crippen LogP contribution >= 0.6 is 0 Å². The van der Waals surface area contributed by atoms with Crippen LogP contribution in [0, 0.1) is 0 Å². The SMILES string of the molecule is Nc1cccc(S(=O)(=O)NCC(O)C(F)F)c1. The van der Waals surface area contributed by atoms with Crippen LogP contribution in [-0.2, 0) is 10.0 Å².